The average Bonchev–Trinajstić information content (AvgIpc) is 3.39. The molecule has 10 heteroatoms. The number of ether oxygens (including phenoxy) is 2. The van der Waals surface area contributed by atoms with Crippen LogP contribution in [0, 0.1) is 21.8 Å². The highest BCUT2D eigenvalue weighted by Crippen LogP contribution is 2.39. The molecule has 2 atom stereocenters. The smallest absolute Gasteiger partial charge is 0.269 e. The van der Waals surface area contributed by atoms with Crippen molar-refractivity contribution in [2.75, 3.05) is 36.2 Å². The number of rotatable bonds is 5. The third-order valence-electron chi connectivity index (χ3n) is 7.34. The maximum absolute atomic E-state index is 13.6. The van der Waals surface area contributed by atoms with Gasteiger partial charge in [-0.15, -0.1) is 0 Å². The minimum atomic E-state index is -0.424. The molecule has 1 amide bonds. The third-order valence-corrected chi connectivity index (χ3v) is 7.34. The molecule has 0 aromatic heterocycles. The van der Waals surface area contributed by atoms with Crippen molar-refractivity contribution >= 4 is 23.0 Å². The van der Waals surface area contributed by atoms with Crippen LogP contribution in [0.4, 0.5) is 21.5 Å². The summed E-state index contributed by atoms with van der Waals surface area (Å²) in [7, 11) is 0. The Morgan fingerprint density at radius 1 is 1.05 bits per heavy atom. The molecule has 3 aliphatic heterocycles. The highest BCUT2D eigenvalue weighted by molar-refractivity contribution is 5.82. The van der Waals surface area contributed by atoms with Crippen LogP contribution in [0.25, 0.3) is 0 Å². The van der Waals surface area contributed by atoms with E-state index in [1.54, 1.807) is 24.3 Å². The molecule has 0 radical (unpaired) electrons. The van der Waals surface area contributed by atoms with Gasteiger partial charge in [0.15, 0.2) is 11.5 Å². The van der Waals surface area contributed by atoms with E-state index in [0.29, 0.717) is 44.1 Å². The fourth-order valence-electron chi connectivity index (χ4n) is 5.48. The summed E-state index contributed by atoms with van der Waals surface area (Å²) >= 11 is 0. The molecule has 1 N–H and O–H groups in total. The highest BCUT2D eigenvalue weighted by atomic mass is 19.1. The summed E-state index contributed by atoms with van der Waals surface area (Å²) in [5.74, 6) is 0.493. The van der Waals surface area contributed by atoms with Gasteiger partial charge in [-0.3, -0.25) is 14.9 Å². The number of carbonyl (C=O) groups is 1. The van der Waals surface area contributed by atoms with E-state index in [2.05, 4.69) is 15.1 Å². The lowest BCUT2D eigenvalue weighted by Crippen LogP contribution is -2.61. The van der Waals surface area contributed by atoms with Crippen LogP contribution in [-0.4, -0.2) is 43.3 Å². The number of anilines is 2. The molecule has 0 saturated carbocycles. The largest absolute Gasteiger partial charge is 0.454 e. The second-order valence-electron chi connectivity index (χ2n) is 9.47. The number of nitrogens with one attached hydrogen (secondary N) is 1. The number of benzene rings is 3. The van der Waals surface area contributed by atoms with Crippen LogP contribution >= 0.6 is 0 Å². The fourth-order valence-corrected chi connectivity index (χ4v) is 5.48. The third kappa shape index (κ3) is 4.39. The van der Waals surface area contributed by atoms with Gasteiger partial charge in [0.2, 0.25) is 12.7 Å². The Balaban J connectivity index is 1.26. The predicted octanol–water partition coefficient (Wildman–Crippen LogP) is 3.65. The summed E-state index contributed by atoms with van der Waals surface area (Å²) in [6.07, 6.45) is 0.391. The maximum Gasteiger partial charge on any atom is 0.269 e. The molecular formula is C27H25FN4O5. The maximum atomic E-state index is 13.6. The van der Waals surface area contributed by atoms with Gasteiger partial charge in [0.1, 0.15) is 5.82 Å². The lowest BCUT2D eigenvalue weighted by molar-refractivity contribution is -0.384. The molecular weight excluding hydrogens is 479 g/mol. The normalized spacial score (nSPS) is 19.7. The van der Waals surface area contributed by atoms with Crippen LogP contribution in [0.5, 0.6) is 11.5 Å². The van der Waals surface area contributed by atoms with E-state index in [4.69, 9.17) is 9.47 Å². The Morgan fingerprint density at radius 3 is 2.68 bits per heavy atom. The summed E-state index contributed by atoms with van der Waals surface area (Å²) in [6, 6.07) is 16.7. The number of piperazine rings is 1. The molecule has 0 spiro atoms. The van der Waals surface area contributed by atoms with Crippen molar-refractivity contribution in [2.24, 2.45) is 5.92 Å². The van der Waals surface area contributed by atoms with Gasteiger partial charge in [0.25, 0.3) is 5.69 Å². The number of nitro benzene ring substituents is 1. The van der Waals surface area contributed by atoms with Crippen molar-refractivity contribution in [3.8, 4) is 11.5 Å². The summed E-state index contributed by atoms with van der Waals surface area (Å²) < 4.78 is 24.3. The van der Waals surface area contributed by atoms with Crippen molar-refractivity contribution in [2.45, 2.75) is 19.0 Å². The van der Waals surface area contributed by atoms with E-state index in [1.807, 2.05) is 18.2 Å². The van der Waals surface area contributed by atoms with Gasteiger partial charge in [-0.1, -0.05) is 6.07 Å². The van der Waals surface area contributed by atoms with Crippen molar-refractivity contribution < 1.29 is 23.6 Å². The van der Waals surface area contributed by atoms with E-state index < -0.39 is 10.8 Å². The second-order valence-corrected chi connectivity index (χ2v) is 9.47. The number of halogens is 1. The molecule has 0 bridgehead atoms. The minimum absolute atomic E-state index is 0.0154. The second kappa shape index (κ2) is 9.27. The number of hydrogen-bond acceptors (Lipinski definition) is 7. The summed E-state index contributed by atoms with van der Waals surface area (Å²) in [6.45, 7) is 2.40. The Hall–Kier alpha value is -4.34. The zero-order valence-electron chi connectivity index (χ0n) is 19.9. The molecule has 3 aromatic rings. The molecule has 3 heterocycles. The Bertz CT molecular complexity index is 1370. The molecule has 2 unspecified atom stereocenters. The van der Waals surface area contributed by atoms with E-state index >= 15 is 0 Å². The van der Waals surface area contributed by atoms with E-state index in [1.165, 1.54) is 18.2 Å². The first-order chi connectivity index (χ1) is 18.0. The van der Waals surface area contributed by atoms with Gasteiger partial charge in [-0.25, -0.2) is 4.39 Å². The van der Waals surface area contributed by atoms with Crippen molar-refractivity contribution in [1.82, 2.24) is 5.32 Å². The first-order valence-corrected chi connectivity index (χ1v) is 12.2. The number of carbonyl (C=O) groups excluding carboxylic acids is 1. The van der Waals surface area contributed by atoms with Gasteiger partial charge in [-0.2, -0.15) is 0 Å². The first-order valence-electron chi connectivity index (χ1n) is 12.2. The van der Waals surface area contributed by atoms with Crippen molar-refractivity contribution in [3.63, 3.8) is 0 Å². The van der Waals surface area contributed by atoms with Gasteiger partial charge in [0.05, 0.1) is 16.9 Å². The lowest BCUT2D eigenvalue weighted by Gasteiger charge is -2.49. The molecule has 190 valence electrons. The zero-order chi connectivity index (χ0) is 25.5. The van der Waals surface area contributed by atoms with Gasteiger partial charge in [-0.05, 0) is 60.0 Å². The molecule has 3 aliphatic rings. The van der Waals surface area contributed by atoms with Crippen LogP contribution in [0.15, 0.2) is 60.7 Å². The van der Waals surface area contributed by atoms with Crippen LogP contribution in [0.2, 0.25) is 0 Å². The van der Waals surface area contributed by atoms with Crippen LogP contribution in [-0.2, 0) is 17.8 Å². The highest BCUT2D eigenvalue weighted by Gasteiger charge is 2.42. The van der Waals surface area contributed by atoms with Crippen molar-refractivity contribution in [1.29, 1.82) is 0 Å². The Morgan fingerprint density at radius 2 is 1.86 bits per heavy atom. The van der Waals surface area contributed by atoms with Gasteiger partial charge < -0.3 is 24.6 Å². The fraction of sp³-hybridized carbons (Fsp3) is 0.296. The number of non-ortho nitro benzene ring substituents is 1. The van der Waals surface area contributed by atoms with Crippen LogP contribution < -0.4 is 24.6 Å². The minimum Gasteiger partial charge on any atom is -0.454 e. The Labute approximate surface area is 212 Å². The molecule has 1 fully saturated rings. The van der Waals surface area contributed by atoms with E-state index in [9.17, 15) is 19.3 Å². The molecule has 9 nitrogen and oxygen atoms in total. The average molecular weight is 505 g/mol. The number of nitro groups is 1. The summed E-state index contributed by atoms with van der Waals surface area (Å²) in [5, 5.41) is 14.5. The Kier molecular flexibility index (Phi) is 5.78. The number of hydrogen-bond donors (Lipinski definition) is 1. The predicted molar refractivity (Wildman–Crippen MR) is 134 cm³/mol. The van der Waals surface area contributed by atoms with Crippen molar-refractivity contribution in [3.05, 3.63) is 87.7 Å². The number of amides is 1. The zero-order valence-corrected chi connectivity index (χ0v) is 19.9. The quantitative estimate of drug-likeness (QED) is 0.419. The molecule has 1 saturated heterocycles. The number of nitrogens with zero attached hydrogens (tertiary/aromatic N) is 3. The summed E-state index contributed by atoms with van der Waals surface area (Å²) in [5.41, 5.74) is 3.52. The molecule has 6 rings (SSSR count). The van der Waals surface area contributed by atoms with Gasteiger partial charge >= 0.3 is 0 Å². The topological polar surface area (TPSA) is 97.2 Å². The van der Waals surface area contributed by atoms with Gasteiger partial charge in [0, 0.05) is 49.7 Å². The molecule has 37 heavy (non-hydrogen) atoms. The monoisotopic (exact) mass is 504 g/mol. The number of fused-ring (bicyclic) bond motifs is 4. The lowest BCUT2D eigenvalue weighted by atomic mass is 9.83. The SMILES string of the molecule is O=C(NCc1ccc2c(c1)OCO2)C1Cc2cc([N+](=O)[O-])ccc2N2CCN(c3ccc(F)cc3)CC12. The van der Waals surface area contributed by atoms with Crippen LogP contribution in [0.1, 0.15) is 11.1 Å². The molecule has 0 aliphatic carbocycles. The van der Waals surface area contributed by atoms with E-state index in [-0.39, 0.29) is 30.2 Å². The standard InChI is InChI=1S/C27H25FN4O5/c28-19-2-4-20(5-3-19)30-9-10-31-23-7-6-21(32(34)35)12-18(23)13-22(24(31)15-30)27(33)29-14-17-1-8-25-26(11-17)37-16-36-25/h1-8,11-12,22,24H,9-10,13-16H2,(H,29,33). The van der Waals surface area contributed by atoms with E-state index in [0.717, 1.165) is 22.5 Å². The van der Waals surface area contributed by atoms with Crippen LogP contribution in [0.3, 0.4) is 0 Å². The molecule has 3 aromatic carbocycles. The summed E-state index contributed by atoms with van der Waals surface area (Å²) in [4.78, 5) is 28.9. The first kappa shape index (κ1) is 23.1.